The second-order valence-electron chi connectivity index (χ2n) is 5.68. The minimum Gasteiger partial charge on any atom is -0.497 e. The number of hydrogen-bond acceptors (Lipinski definition) is 3. The van der Waals surface area contributed by atoms with Crippen molar-refractivity contribution in [1.82, 2.24) is 5.32 Å². The smallest absolute Gasteiger partial charge is 0.121 e. The van der Waals surface area contributed by atoms with Crippen molar-refractivity contribution in [3.8, 4) is 11.8 Å². The van der Waals surface area contributed by atoms with Gasteiger partial charge in [0.15, 0.2) is 0 Å². The predicted octanol–water partition coefficient (Wildman–Crippen LogP) is 3.95. The Morgan fingerprint density at radius 1 is 1.14 bits per heavy atom. The molecule has 1 aliphatic rings. The van der Waals surface area contributed by atoms with Gasteiger partial charge in [-0.2, -0.15) is 5.26 Å². The number of rotatable bonds is 4. The van der Waals surface area contributed by atoms with Gasteiger partial charge in [-0.3, -0.25) is 5.32 Å². The maximum absolute atomic E-state index is 9.46. The number of nitrogens with one attached hydrogen (secondary N) is 1. The van der Waals surface area contributed by atoms with E-state index in [2.05, 4.69) is 23.5 Å². The first-order valence-corrected chi connectivity index (χ1v) is 7.53. The molecule has 0 aliphatic heterocycles. The third-order valence-corrected chi connectivity index (χ3v) is 4.29. The molecular weight excluding hydrogens is 260 g/mol. The summed E-state index contributed by atoms with van der Waals surface area (Å²) in [6, 6.07) is 14.9. The SMILES string of the molecule is COc1ccc2cc(C(C#N)NC3CCCC3)ccc2c1. The lowest BCUT2D eigenvalue weighted by molar-refractivity contribution is 0.415. The molecule has 1 fully saturated rings. The average Bonchev–Trinajstić information content (AvgIpc) is 3.04. The van der Waals surface area contributed by atoms with Gasteiger partial charge in [0.1, 0.15) is 11.8 Å². The molecule has 1 saturated carbocycles. The highest BCUT2D eigenvalue weighted by Crippen LogP contribution is 2.26. The van der Waals surface area contributed by atoms with Crippen LogP contribution in [0.3, 0.4) is 0 Å². The number of ether oxygens (including phenoxy) is 1. The van der Waals surface area contributed by atoms with Crippen LogP contribution in [0.5, 0.6) is 5.75 Å². The predicted molar refractivity (Wildman–Crippen MR) is 84.2 cm³/mol. The summed E-state index contributed by atoms with van der Waals surface area (Å²) in [4.78, 5) is 0. The lowest BCUT2D eigenvalue weighted by Crippen LogP contribution is -2.29. The maximum Gasteiger partial charge on any atom is 0.121 e. The van der Waals surface area contributed by atoms with E-state index >= 15 is 0 Å². The fraction of sp³-hybridized carbons (Fsp3) is 0.389. The standard InChI is InChI=1S/C18H20N2O/c1-21-17-9-8-13-10-15(7-6-14(13)11-17)18(12-19)20-16-4-2-3-5-16/h6-11,16,18,20H,2-5H2,1H3. The number of methoxy groups -OCH3 is 1. The quantitative estimate of drug-likeness (QED) is 0.922. The molecule has 1 aliphatic carbocycles. The Bertz CT molecular complexity index is 668. The van der Waals surface area contributed by atoms with Gasteiger partial charge in [-0.15, -0.1) is 0 Å². The third-order valence-electron chi connectivity index (χ3n) is 4.29. The molecule has 108 valence electrons. The highest BCUT2D eigenvalue weighted by atomic mass is 16.5. The van der Waals surface area contributed by atoms with E-state index in [-0.39, 0.29) is 6.04 Å². The van der Waals surface area contributed by atoms with Crippen LogP contribution in [0.15, 0.2) is 36.4 Å². The van der Waals surface area contributed by atoms with Crippen molar-refractivity contribution in [3.63, 3.8) is 0 Å². The first-order valence-electron chi connectivity index (χ1n) is 7.53. The Labute approximate surface area is 125 Å². The monoisotopic (exact) mass is 280 g/mol. The zero-order chi connectivity index (χ0) is 14.7. The first-order chi connectivity index (χ1) is 10.3. The number of benzene rings is 2. The van der Waals surface area contributed by atoms with Gasteiger partial charge < -0.3 is 4.74 Å². The Morgan fingerprint density at radius 3 is 2.57 bits per heavy atom. The van der Waals surface area contributed by atoms with Crippen molar-refractivity contribution < 1.29 is 4.74 Å². The molecule has 0 heterocycles. The van der Waals surface area contributed by atoms with Gasteiger partial charge in [0.25, 0.3) is 0 Å². The van der Waals surface area contributed by atoms with Crippen LogP contribution < -0.4 is 10.1 Å². The van der Waals surface area contributed by atoms with Gasteiger partial charge in [0.05, 0.1) is 13.2 Å². The van der Waals surface area contributed by atoms with Crippen molar-refractivity contribution in [3.05, 3.63) is 42.0 Å². The van der Waals surface area contributed by atoms with Crippen LogP contribution in [-0.4, -0.2) is 13.2 Å². The van der Waals surface area contributed by atoms with Crippen molar-refractivity contribution in [2.45, 2.75) is 37.8 Å². The van der Waals surface area contributed by atoms with Crippen LogP contribution in [0.1, 0.15) is 37.3 Å². The fourth-order valence-electron chi connectivity index (χ4n) is 3.09. The number of nitrogens with zero attached hydrogens (tertiary/aromatic N) is 1. The lowest BCUT2D eigenvalue weighted by Gasteiger charge is -2.18. The van der Waals surface area contributed by atoms with Crippen LogP contribution in [0, 0.1) is 11.3 Å². The van der Waals surface area contributed by atoms with Crippen LogP contribution >= 0.6 is 0 Å². The van der Waals surface area contributed by atoms with E-state index in [9.17, 15) is 5.26 Å². The zero-order valence-corrected chi connectivity index (χ0v) is 12.3. The molecule has 0 saturated heterocycles. The third kappa shape index (κ3) is 3.01. The Morgan fingerprint density at radius 2 is 1.86 bits per heavy atom. The van der Waals surface area contributed by atoms with E-state index in [1.807, 2.05) is 24.3 Å². The molecule has 2 aromatic rings. The number of hydrogen-bond donors (Lipinski definition) is 1. The molecule has 3 nitrogen and oxygen atoms in total. The summed E-state index contributed by atoms with van der Waals surface area (Å²) in [6.45, 7) is 0. The van der Waals surface area contributed by atoms with E-state index in [4.69, 9.17) is 4.74 Å². The minimum absolute atomic E-state index is 0.223. The highest BCUT2D eigenvalue weighted by Gasteiger charge is 2.20. The molecule has 0 bridgehead atoms. The molecular formula is C18H20N2O. The molecule has 0 radical (unpaired) electrons. The molecule has 1 unspecified atom stereocenters. The molecule has 0 amide bonds. The molecule has 0 aromatic heterocycles. The van der Waals surface area contributed by atoms with Gasteiger partial charge in [-0.05, 0) is 47.4 Å². The van der Waals surface area contributed by atoms with Crippen molar-refractivity contribution >= 4 is 10.8 Å². The van der Waals surface area contributed by atoms with Gasteiger partial charge in [-0.25, -0.2) is 0 Å². The Hall–Kier alpha value is -2.05. The Kier molecular flexibility index (Phi) is 4.08. The lowest BCUT2D eigenvalue weighted by atomic mass is 10.0. The van der Waals surface area contributed by atoms with E-state index in [0.29, 0.717) is 6.04 Å². The summed E-state index contributed by atoms with van der Waals surface area (Å²) in [5.41, 5.74) is 1.04. The minimum atomic E-state index is -0.223. The van der Waals surface area contributed by atoms with Crippen molar-refractivity contribution in [2.75, 3.05) is 7.11 Å². The second kappa shape index (κ2) is 6.15. The number of nitriles is 1. The largest absolute Gasteiger partial charge is 0.497 e. The molecule has 1 N–H and O–H groups in total. The molecule has 0 spiro atoms. The Balaban J connectivity index is 1.86. The van der Waals surface area contributed by atoms with Crippen molar-refractivity contribution in [1.29, 1.82) is 5.26 Å². The van der Waals surface area contributed by atoms with Crippen molar-refractivity contribution in [2.24, 2.45) is 0 Å². The van der Waals surface area contributed by atoms with Gasteiger partial charge in [0.2, 0.25) is 0 Å². The summed E-state index contributed by atoms with van der Waals surface area (Å²) in [7, 11) is 1.67. The summed E-state index contributed by atoms with van der Waals surface area (Å²) >= 11 is 0. The van der Waals surface area contributed by atoms with Gasteiger partial charge >= 0.3 is 0 Å². The first kappa shape index (κ1) is 13.9. The zero-order valence-electron chi connectivity index (χ0n) is 12.3. The summed E-state index contributed by atoms with van der Waals surface area (Å²) in [5.74, 6) is 0.858. The molecule has 21 heavy (non-hydrogen) atoms. The molecule has 3 heteroatoms. The maximum atomic E-state index is 9.46. The van der Waals surface area contributed by atoms with E-state index in [1.165, 1.54) is 25.7 Å². The summed E-state index contributed by atoms with van der Waals surface area (Å²) in [5, 5.41) is 15.2. The van der Waals surface area contributed by atoms with Crippen LogP contribution in [0.2, 0.25) is 0 Å². The molecule has 1 atom stereocenters. The number of fused-ring (bicyclic) bond motifs is 1. The second-order valence-corrected chi connectivity index (χ2v) is 5.68. The highest BCUT2D eigenvalue weighted by molar-refractivity contribution is 5.84. The normalized spacial score (nSPS) is 16.8. The topological polar surface area (TPSA) is 45.0 Å². The average molecular weight is 280 g/mol. The van der Waals surface area contributed by atoms with Gasteiger partial charge in [0, 0.05) is 6.04 Å². The van der Waals surface area contributed by atoms with E-state index in [0.717, 1.165) is 22.1 Å². The van der Waals surface area contributed by atoms with Crippen LogP contribution in [0.4, 0.5) is 0 Å². The molecule has 2 aromatic carbocycles. The van der Waals surface area contributed by atoms with E-state index in [1.54, 1.807) is 7.11 Å². The van der Waals surface area contributed by atoms with Gasteiger partial charge in [-0.1, -0.05) is 31.0 Å². The molecule has 3 rings (SSSR count). The fourth-order valence-corrected chi connectivity index (χ4v) is 3.09. The summed E-state index contributed by atoms with van der Waals surface area (Å²) in [6.07, 6.45) is 4.91. The van der Waals surface area contributed by atoms with Crippen LogP contribution in [0.25, 0.3) is 10.8 Å². The van der Waals surface area contributed by atoms with Crippen LogP contribution in [-0.2, 0) is 0 Å². The summed E-state index contributed by atoms with van der Waals surface area (Å²) < 4.78 is 5.25. The van der Waals surface area contributed by atoms with E-state index < -0.39 is 0 Å².